The summed E-state index contributed by atoms with van der Waals surface area (Å²) in [6, 6.07) is 0.575. The zero-order valence-corrected chi connectivity index (χ0v) is 13.9. The Kier molecular flexibility index (Phi) is 4.26. The van der Waals surface area contributed by atoms with Gasteiger partial charge in [0.15, 0.2) is 0 Å². The number of rotatable bonds is 4. The lowest BCUT2D eigenvalue weighted by molar-refractivity contribution is -0.140. The number of ether oxygens (including phenoxy) is 1. The van der Waals surface area contributed by atoms with Crippen molar-refractivity contribution < 1.29 is 9.53 Å². The summed E-state index contributed by atoms with van der Waals surface area (Å²) in [7, 11) is 1.57. The van der Waals surface area contributed by atoms with Crippen molar-refractivity contribution in [2.75, 3.05) is 7.11 Å². The Bertz CT molecular complexity index is 544. The van der Waals surface area contributed by atoms with Crippen LogP contribution in [0.3, 0.4) is 0 Å². The van der Waals surface area contributed by atoms with Crippen LogP contribution in [-0.2, 0) is 16.0 Å². The first-order valence-electron chi connectivity index (χ1n) is 8.45. The van der Waals surface area contributed by atoms with Crippen molar-refractivity contribution in [3.8, 4) is 0 Å². The first-order chi connectivity index (χ1) is 10.5. The quantitative estimate of drug-likeness (QED) is 0.930. The number of amides is 1. The monoisotopic (exact) mass is 305 g/mol. The number of fused-ring (bicyclic) bond motifs is 1. The summed E-state index contributed by atoms with van der Waals surface area (Å²) in [4.78, 5) is 12.4. The number of nitrogens with zero attached hydrogens (tertiary/aromatic N) is 2. The molecule has 1 aromatic heterocycles. The smallest absolute Gasteiger partial charge is 0.252 e. The van der Waals surface area contributed by atoms with Gasteiger partial charge >= 0.3 is 0 Å². The average Bonchev–Trinajstić information content (AvgIpc) is 3.16. The number of hydrogen-bond acceptors (Lipinski definition) is 3. The van der Waals surface area contributed by atoms with Crippen molar-refractivity contribution in [3.63, 3.8) is 0 Å². The van der Waals surface area contributed by atoms with E-state index in [0.29, 0.717) is 6.04 Å². The van der Waals surface area contributed by atoms with Crippen LogP contribution < -0.4 is 5.32 Å². The maximum Gasteiger partial charge on any atom is 0.252 e. The van der Waals surface area contributed by atoms with E-state index in [1.807, 2.05) is 0 Å². The predicted molar refractivity (Wildman–Crippen MR) is 84.6 cm³/mol. The van der Waals surface area contributed by atoms with Gasteiger partial charge in [0, 0.05) is 13.3 Å². The van der Waals surface area contributed by atoms with Crippen molar-refractivity contribution in [1.82, 2.24) is 15.1 Å². The van der Waals surface area contributed by atoms with Gasteiger partial charge in [-0.25, -0.2) is 0 Å². The van der Waals surface area contributed by atoms with Gasteiger partial charge in [-0.2, -0.15) is 5.10 Å². The summed E-state index contributed by atoms with van der Waals surface area (Å²) in [5.74, 6) is -0.0664. The van der Waals surface area contributed by atoms with Crippen LogP contribution in [0.25, 0.3) is 0 Å². The second-order valence-corrected chi connectivity index (χ2v) is 7.09. The van der Waals surface area contributed by atoms with Crippen molar-refractivity contribution in [3.05, 3.63) is 17.5 Å². The van der Waals surface area contributed by atoms with E-state index in [-0.39, 0.29) is 11.9 Å². The van der Waals surface area contributed by atoms with Gasteiger partial charge in [0.2, 0.25) is 0 Å². The molecule has 1 saturated carbocycles. The molecule has 2 aliphatic rings. The molecular formula is C17H27N3O2. The topological polar surface area (TPSA) is 56.1 Å². The number of carbonyl (C=O) groups excluding carboxylic acids is 1. The molecule has 0 saturated heterocycles. The van der Waals surface area contributed by atoms with Crippen LogP contribution in [0.2, 0.25) is 0 Å². The molecule has 2 aliphatic carbocycles. The molecule has 1 fully saturated rings. The Hall–Kier alpha value is -1.36. The maximum atomic E-state index is 12.4. The van der Waals surface area contributed by atoms with Crippen molar-refractivity contribution >= 4 is 5.91 Å². The van der Waals surface area contributed by atoms with E-state index in [1.165, 1.54) is 31.2 Å². The van der Waals surface area contributed by atoms with Crippen LogP contribution >= 0.6 is 0 Å². The molecule has 5 nitrogen and oxygen atoms in total. The van der Waals surface area contributed by atoms with E-state index in [1.54, 1.807) is 21.0 Å². The average molecular weight is 305 g/mol. The normalized spacial score (nSPS) is 22.6. The fourth-order valence-electron chi connectivity index (χ4n) is 3.48. The first-order valence-corrected chi connectivity index (χ1v) is 8.45. The molecule has 122 valence electrons. The highest BCUT2D eigenvalue weighted by Gasteiger charge is 2.33. The Labute approximate surface area is 132 Å². The number of hydrogen-bond donors (Lipinski definition) is 1. The molecule has 5 heteroatoms. The zero-order chi connectivity index (χ0) is 15.7. The third kappa shape index (κ3) is 2.91. The summed E-state index contributed by atoms with van der Waals surface area (Å²) in [5, 5.41) is 7.97. The van der Waals surface area contributed by atoms with Crippen LogP contribution in [-0.4, -0.2) is 28.4 Å². The first kappa shape index (κ1) is 15.5. The zero-order valence-electron chi connectivity index (χ0n) is 13.9. The summed E-state index contributed by atoms with van der Waals surface area (Å²) >= 11 is 0. The van der Waals surface area contributed by atoms with Gasteiger partial charge in [-0.05, 0) is 51.5 Å². The lowest BCUT2D eigenvalue weighted by Gasteiger charge is -2.27. The second kappa shape index (κ2) is 6.03. The van der Waals surface area contributed by atoms with E-state index in [2.05, 4.69) is 16.2 Å². The third-order valence-corrected chi connectivity index (χ3v) is 5.17. The molecule has 0 aromatic carbocycles. The Balaban J connectivity index is 1.77. The summed E-state index contributed by atoms with van der Waals surface area (Å²) in [6.45, 7) is 3.59. The molecule has 3 rings (SSSR count). The highest BCUT2D eigenvalue weighted by Crippen LogP contribution is 2.34. The van der Waals surface area contributed by atoms with Gasteiger partial charge in [-0.1, -0.05) is 12.8 Å². The predicted octanol–water partition coefficient (Wildman–Crippen LogP) is 2.92. The SMILES string of the molecule is COC(C)(C)C(=O)N[C@@H]1CCCc2cn(C3CCCC3)nc21. The van der Waals surface area contributed by atoms with Crippen molar-refractivity contribution in [2.45, 2.75) is 76.5 Å². The molecule has 22 heavy (non-hydrogen) atoms. The molecule has 1 amide bonds. The van der Waals surface area contributed by atoms with Crippen molar-refractivity contribution in [2.24, 2.45) is 0 Å². The molecule has 1 heterocycles. The molecule has 0 unspecified atom stereocenters. The van der Waals surface area contributed by atoms with E-state index in [0.717, 1.165) is 25.0 Å². The summed E-state index contributed by atoms with van der Waals surface area (Å²) < 4.78 is 7.43. The van der Waals surface area contributed by atoms with E-state index >= 15 is 0 Å². The third-order valence-electron chi connectivity index (χ3n) is 5.17. The van der Waals surface area contributed by atoms with Gasteiger partial charge in [-0.15, -0.1) is 0 Å². The Morgan fingerprint density at radius 3 is 2.73 bits per heavy atom. The van der Waals surface area contributed by atoms with Gasteiger partial charge in [0.05, 0.1) is 17.8 Å². The molecule has 0 aliphatic heterocycles. The summed E-state index contributed by atoms with van der Waals surface area (Å²) in [5.41, 5.74) is 1.57. The lowest BCUT2D eigenvalue weighted by Crippen LogP contribution is -2.45. The number of aromatic nitrogens is 2. The Morgan fingerprint density at radius 1 is 1.32 bits per heavy atom. The standard InChI is InChI=1S/C17H27N3O2/c1-17(2,22-3)16(21)18-14-10-6-7-12-11-20(19-15(12)14)13-8-4-5-9-13/h11,13-14H,4-10H2,1-3H3,(H,18,21)/t14-/m1/s1. The molecule has 1 aromatic rings. The van der Waals surface area contributed by atoms with Gasteiger partial charge < -0.3 is 10.1 Å². The van der Waals surface area contributed by atoms with Gasteiger partial charge in [-0.3, -0.25) is 9.48 Å². The largest absolute Gasteiger partial charge is 0.369 e. The second-order valence-electron chi connectivity index (χ2n) is 7.09. The van der Waals surface area contributed by atoms with Crippen molar-refractivity contribution in [1.29, 1.82) is 0 Å². The van der Waals surface area contributed by atoms with E-state index in [9.17, 15) is 4.79 Å². The molecule has 1 N–H and O–H groups in total. The minimum Gasteiger partial charge on any atom is -0.369 e. The van der Waals surface area contributed by atoms with Gasteiger partial charge in [0.25, 0.3) is 5.91 Å². The van der Waals surface area contributed by atoms with Crippen LogP contribution in [0, 0.1) is 0 Å². The number of nitrogens with one attached hydrogen (secondary N) is 1. The van der Waals surface area contributed by atoms with E-state index < -0.39 is 5.60 Å². The Morgan fingerprint density at radius 2 is 2.05 bits per heavy atom. The minimum atomic E-state index is -0.800. The van der Waals surface area contributed by atoms with E-state index in [4.69, 9.17) is 9.84 Å². The van der Waals surface area contributed by atoms with Crippen LogP contribution in [0.4, 0.5) is 0 Å². The summed E-state index contributed by atoms with van der Waals surface area (Å²) in [6.07, 6.45) is 10.4. The van der Waals surface area contributed by atoms with Crippen LogP contribution in [0.1, 0.15) is 75.7 Å². The maximum absolute atomic E-state index is 12.4. The number of carbonyl (C=O) groups is 1. The highest BCUT2D eigenvalue weighted by molar-refractivity contribution is 5.84. The van der Waals surface area contributed by atoms with Crippen LogP contribution in [0.5, 0.6) is 0 Å². The van der Waals surface area contributed by atoms with Gasteiger partial charge in [0.1, 0.15) is 5.60 Å². The van der Waals surface area contributed by atoms with Crippen LogP contribution in [0.15, 0.2) is 6.20 Å². The highest BCUT2D eigenvalue weighted by atomic mass is 16.5. The molecule has 0 radical (unpaired) electrons. The number of aryl methyl sites for hydroxylation is 1. The fourth-order valence-corrected chi connectivity index (χ4v) is 3.48. The lowest BCUT2D eigenvalue weighted by atomic mass is 9.93. The molecular weight excluding hydrogens is 278 g/mol. The minimum absolute atomic E-state index is 0.0216. The molecule has 1 atom stereocenters. The molecule has 0 spiro atoms. The number of methoxy groups -OCH3 is 1. The molecule has 0 bridgehead atoms. The fraction of sp³-hybridized carbons (Fsp3) is 0.765.